The zero-order valence-corrected chi connectivity index (χ0v) is 23.2. The van der Waals surface area contributed by atoms with Crippen LogP contribution in [-0.4, -0.2) is 58.9 Å². The van der Waals surface area contributed by atoms with Gasteiger partial charge in [-0.3, -0.25) is 9.59 Å². The minimum Gasteiger partial charge on any atom is -0.358 e. The molecule has 0 unspecified atom stereocenters. The number of hydrogen-bond acceptors (Lipinski definition) is 6. The summed E-state index contributed by atoms with van der Waals surface area (Å²) in [6.07, 6.45) is -5.81. The molecule has 1 heterocycles. The molecule has 0 saturated heterocycles. The molecule has 0 aliphatic carbocycles. The summed E-state index contributed by atoms with van der Waals surface area (Å²) >= 11 is 7.11. The Hall–Kier alpha value is -2.38. The summed E-state index contributed by atoms with van der Waals surface area (Å²) in [5.41, 5.74) is -0.0818. The first-order valence-electron chi connectivity index (χ1n) is 12.1. The molecule has 214 valence electrons. The van der Waals surface area contributed by atoms with Crippen molar-refractivity contribution < 1.29 is 37.1 Å². The SMILES string of the molecule is CC(C)(C)OCN(O)[C@H]1CSc2cc(F)c(C(=O)NCCCC(F)(F)F)cc2N(Cc2ccc(Cl)cc2)C1=O. The predicted molar refractivity (Wildman–Crippen MR) is 141 cm³/mol. The van der Waals surface area contributed by atoms with Gasteiger partial charge in [0.25, 0.3) is 5.91 Å². The number of thioether (sulfide) groups is 1. The van der Waals surface area contributed by atoms with Crippen molar-refractivity contribution in [1.82, 2.24) is 10.4 Å². The minimum atomic E-state index is -4.37. The highest BCUT2D eigenvalue weighted by Gasteiger charge is 2.36. The number of carbonyl (C=O) groups is 2. The predicted octanol–water partition coefficient (Wildman–Crippen LogP) is 6.02. The normalized spacial score (nSPS) is 16.3. The standard InChI is InChI=1S/C26H30ClF4N3O4S/c1-25(2,3)38-15-34(37)21-14-39-22-12-19(28)18(23(35)32-10-4-9-26(29,30)31)11-20(22)33(24(21)36)13-16-5-7-17(27)8-6-16/h5-8,11-12,21,37H,4,9-10,13-15H2,1-3H3,(H,32,35)/t21-/m0/s1. The second-order valence-corrected chi connectivity index (χ2v) is 11.5. The fourth-order valence-corrected chi connectivity index (χ4v) is 4.95. The van der Waals surface area contributed by atoms with Crippen molar-refractivity contribution in [3.63, 3.8) is 0 Å². The Kier molecular flexibility index (Phi) is 10.3. The first-order chi connectivity index (χ1) is 18.1. The summed E-state index contributed by atoms with van der Waals surface area (Å²) in [7, 11) is 0. The van der Waals surface area contributed by atoms with Gasteiger partial charge in [-0.2, -0.15) is 18.2 Å². The topological polar surface area (TPSA) is 82.1 Å². The lowest BCUT2D eigenvalue weighted by Crippen LogP contribution is -2.49. The zero-order valence-electron chi connectivity index (χ0n) is 21.6. The number of hydroxylamine groups is 2. The molecule has 39 heavy (non-hydrogen) atoms. The van der Waals surface area contributed by atoms with E-state index in [1.54, 1.807) is 45.0 Å². The molecule has 3 rings (SSSR count). The van der Waals surface area contributed by atoms with Gasteiger partial charge in [0, 0.05) is 28.6 Å². The molecule has 0 aromatic heterocycles. The molecule has 2 amide bonds. The van der Waals surface area contributed by atoms with Gasteiger partial charge in [-0.1, -0.05) is 23.7 Å². The maximum atomic E-state index is 15.0. The summed E-state index contributed by atoms with van der Waals surface area (Å²) in [6.45, 7) is 4.85. The van der Waals surface area contributed by atoms with E-state index in [0.717, 1.165) is 22.9 Å². The van der Waals surface area contributed by atoms with Crippen LogP contribution in [0.5, 0.6) is 0 Å². The molecule has 0 fully saturated rings. The average molecular weight is 592 g/mol. The van der Waals surface area contributed by atoms with Crippen LogP contribution >= 0.6 is 23.4 Å². The molecule has 0 radical (unpaired) electrons. The number of amides is 2. The van der Waals surface area contributed by atoms with Crippen LogP contribution < -0.4 is 10.2 Å². The van der Waals surface area contributed by atoms with E-state index in [4.69, 9.17) is 16.3 Å². The third kappa shape index (κ3) is 9.07. The number of halogens is 5. The third-order valence-corrected chi connectivity index (χ3v) is 7.07. The van der Waals surface area contributed by atoms with Crippen molar-refractivity contribution in [3.05, 3.63) is 58.4 Å². The Balaban J connectivity index is 1.92. The Morgan fingerprint density at radius 1 is 1.23 bits per heavy atom. The molecule has 0 spiro atoms. The zero-order chi connectivity index (χ0) is 29.0. The molecular formula is C26H30ClF4N3O4S. The van der Waals surface area contributed by atoms with E-state index in [-0.39, 0.29) is 37.7 Å². The van der Waals surface area contributed by atoms with Crippen molar-refractivity contribution >= 4 is 40.9 Å². The molecule has 0 bridgehead atoms. The van der Waals surface area contributed by atoms with Crippen LogP contribution in [0.1, 0.15) is 49.5 Å². The Morgan fingerprint density at radius 2 is 1.90 bits per heavy atom. The molecule has 1 atom stereocenters. The van der Waals surface area contributed by atoms with Gasteiger partial charge in [0.05, 0.1) is 23.4 Å². The highest BCUT2D eigenvalue weighted by molar-refractivity contribution is 7.99. The smallest absolute Gasteiger partial charge is 0.358 e. The summed E-state index contributed by atoms with van der Waals surface area (Å²) in [5, 5.41) is 14.3. The summed E-state index contributed by atoms with van der Waals surface area (Å²) in [5.74, 6) is -2.23. The molecule has 2 N–H and O–H groups in total. The second kappa shape index (κ2) is 12.9. The highest BCUT2D eigenvalue weighted by atomic mass is 35.5. The van der Waals surface area contributed by atoms with Gasteiger partial charge in [-0.05, 0) is 57.0 Å². The maximum absolute atomic E-state index is 15.0. The molecule has 2 aromatic rings. The average Bonchev–Trinajstić information content (AvgIpc) is 2.96. The van der Waals surface area contributed by atoms with Gasteiger partial charge in [-0.15, -0.1) is 11.8 Å². The van der Waals surface area contributed by atoms with E-state index < -0.39 is 47.4 Å². The van der Waals surface area contributed by atoms with E-state index >= 15 is 4.39 Å². The quantitative estimate of drug-likeness (QED) is 0.161. The van der Waals surface area contributed by atoms with Crippen LogP contribution in [0, 0.1) is 5.82 Å². The summed E-state index contributed by atoms with van der Waals surface area (Å²) < 4.78 is 57.9. The van der Waals surface area contributed by atoms with Gasteiger partial charge in [0.1, 0.15) is 18.6 Å². The van der Waals surface area contributed by atoms with Crippen LogP contribution in [0.3, 0.4) is 0 Å². The van der Waals surface area contributed by atoms with Crippen molar-refractivity contribution in [2.45, 2.75) is 62.9 Å². The van der Waals surface area contributed by atoms with Crippen LogP contribution in [0.2, 0.25) is 5.02 Å². The largest absolute Gasteiger partial charge is 0.389 e. The summed E-state index contributed by atoms with van der Waals surface area (Å²) in [4.78, 5) is 28.1. The van der Waals surface area contributed by atoms with Gasteiger partial charge in [0.15, 0.2) is 0 Å². The lowest BCUT2D eigenvalue weighted by molar-refractivity contribution is -0.207. The van der Waals surface area contributed by atoms with E-state index in [9.17, 15) is 28.0 Å². The molecule has 0 saturated carbocycles. The molecule has 1 aliphatic rings. The monoisotopic (exact) mass is 591 g/mol. The number of benzene rings is 2. The lowest BCUT2D eigenvalue weighted by atomic mass is 10.1. The number of nitrogens with one attached hydrogen (secondary N) is 1. The maximum Gasteiger partial charge on any atom is 0.389 e. The molecule has 7 nitrogen and oxygen atoms in total. The van der Waals surface area contributed by atoms with Gasteiger partial charge in [0.2, 0.25) is 5.91 Å². The van der Waals surface area contributed by atoms with Gasteiger partial charge in [-0.25, -0.2) is 4.39 Å². The molecule has 2 aromatic carbocycles. The van der Waals surface area contributed by atoms with Crippen LogP contribution in [0.4, 0.5) is 23.2 Å². The Labute approximate surface area is 233 Å². The number of anilines is 1. The van der Waals surface area contributed by atoms with E-state index in [1.165, 1.54) is 11.0 Å². The highest BCUT2D eigenvalue weighted by Crippen LogP contribution is 2.38. The van der Waals surface area contributed by atoms with Crippen molar-refractivity contribution in [3.8, 4) is 0 Å². The van der Waals surface area contributed by atoms with Crippen molar-refractivity contribution in [1.29, 1.82) is 0 Å². The fraction of sp³-hybridized carbons (Fsp3) is 0.462. The van der Waals surface area contributed by atoms with Crippen LogP contribution in [0.15, 0.2) is 41.3 Å². The number of hydrogen-bond donors (Lipinski definition) is 2. The van der Waals surface area contributed by atoms with E-state index in [2.05, 4.69) is 5.32 Å². The molecular weight excluding hydrogens is 562 g/mol. The number of nitrogens with zero attached hydrogens (tertiary/aromatic N) is 2. The lowest BCUT2D eigenvalue weighted by Gasteiger charge is -2.31. The summed E-state index contributed by atoms with van der Waals surface area (Å²) in [6, 6.07) is 7.97. The van der Waals surface area contributed by atoms with Gasteiger partial charge >= 0.3 is 6.18 Å². The first kappa shape index (κ1) is 31.2. The van der Waals surface area contributed by atoms with Crippen molar-refractivity contribution in [2.75, 3.05) is 23.9 Å². The minimum absolute atomic E-state index is 0.0201. The fourth-order valence-electron chi connectivity index (χ4n) is 3.67. The van der Waals surface area contributed by atoms with Crippen molar-refractivity contribution in [2.24, 2.45) is 0 Å². The number of carbonyl (C=O) groups excluding carboxylic acids is 2. The molecule has 1 aliphatic heterocycles. The van der Waals surface area contributed by atoms with E-state index in [0.29, 0.717) is 15.5 Å². The van der Waals surface area contributed by atoms with E-state index in [1.807, 2.05) is 0 Å². The number of alkyl halides is 3. The number of ether oxygens (including phenoxy) is 1. The molecule has 13 heteroatoms. The van der Waals surface area contributed by atoms with Crippen LogP contribution in [-0.2, 0) is 16.1 Å². The second-order valence-electron chi connectivity index (χ2n) is 9.98. The van der Waals surface area contributed by atoms with Gasteiger partial charge < -0.3 is 20.2 Å². The Morgan fingerprint density at radius 3 is 2.51 bits per heavy atom. The Bertz CT molecular complexity index is 1180. The number of fused-ring (bicyclic) bond motifs is 1. The third-order valence-electron chi connectivity index (χ3n) is 5.70. The van der Waals surface area contributed by atoms with Crippen LogP contribution in [0.25, 0.3) is 0 Å². The first-order valence-corrected chi connectivity index (χ1v) is 13.5. The number of rotatable bonds is 9.